The monoisotopic (exact) mass is 329 g/mol. The Morgan fingerprint density at radius 2 is 2.12 bits per heavy atom. The summed E-state index contributed by atoms with van der Waals surface area (Å²) >= 11 is 0. The maximum atomic E-state index is 14.2. The molecule has 1 atom stereocenters. The standard InChI is InChI=1S/C19H20FNO3/c1-24-18(23)14-6-7-15(17(20)10-14)11-21-19(12-22)9-8-13-4-2-3-5-16(13)19/h2-7,10,21-22H,8-9,11-12H2,1H3. The smallest absolute Gasteiger partial charge is 0.337 e. The van der Waals surface area contributed by atoms with Gasteiger partial charge in [0.1, 0.15) is 5.82 Å². The van der Waals surface area contributed by atoms with Crippen molar-refractivity contribution in [2.75, 3.05) is 13.7 Å². The maximum Gasteiger partial charge on any atom is 0.337 e. The summed E-state index contributed by atoms with van der Waals surface area (Å²) in [6.07, 6.45) is 1.65. The summed E-state index contributed by atoms with van der Waals surface area (Å²) in [6, 6.07) is 12.3. The third-order valence-electron chi connectivity index (χ3n) is 4.72. The molecule has 0 amide bonds. The van der Waals surface area contributed by atoms with Gasteiger partial charge in [-0.3, -0.25) is 0 Å². The normalized spacial score (nSPS) is 19.1. The van der Waals surface area contributed by atoms with Crippen LogP contribution >= 0.6 is 0 Å². The molecule has 0 aliphatic heterocycles. The molecule has 2 aromatic rings. The van der Waals surface area contributed by atoms with Crippen LogP contribution in [-0.4, -0.2) is 24.8 Å². The van der Waals surface area contributed by atoms with Crippen LogP contribution in [0.2, 0.25) is 0 Å². The molecule has 4 nitrogen and oxygen atoms in total. The Morgan fingerprint density at radius 3 is 2.83 bits per heavy atom. The Bertz CT molecular complexity index is 762. The van der Waals surface area contributed by atoms with Gasteiger partial charge in [0.25, 0.3) is 0 Å². The predicted octanol–water partition coefficient (Wildman–Crippen LogP) is 2.54. The molecule has 3 rings (SSSR count). The fraction of sp³-hybridized carbons (Fsp3) is 0.316. The number of aliphatic hydroxyl groups excluding tert-OH is 1. The van der Waals surface area contributed by atoms with E-state index in [2.05, 4.69) is 16.1 Å². The molecule has 1 aliphatic rings. The number of hydrogen-bond acceptors (Lipinski definition) is 4. The van der Waals surface area contributed by atoms with Gasteiger partial charge in [0.2, 0.25) is 0 Å². The zero-order valence-corrected chi connectivity index (χ0v) is 13.5. The number of benzene rings is 2. The molecule has 0 saturated heterocycles. The minimum atomic E-state index is -0.565. The van der Waals surface area contributed by atoms with Crippen molar-refractivity contribution >= 4 is 5.97 Å². The summed E-state index contributed by atoms with van der Waals surface area (Å²) in [5.41, 5.74) is 2.35. The number of halogens is 1. The summed E-state index contributed by atoms with van der Waals surface area (Å²) in [7, 11) is 1.26. The lowest BCUT2D eigenvalue weighted by molar-refractivity contribution is 0.0600. The molecule has 2 aromatic carbocycles. The second-order valence-electron chi connectivity index (χ2n) is 6.05. The molecule has 0 spiro atoms. The largest absolute Gasteiger partial charge is 0.465 e. The lowest BCUT2D eigenvalue weighted by Gasteiger charge is -2.30. The van der Waals surface area contributed by atoms with Crippen molar-refractivity contribution in [3.05, 3.63) is 70.5 Å². The van der Waals surface area contributed by atoms with E-state index in [-0.39, 0.29) is 18.7 Å². The van der Waals surface area contributed by atoms with Crippen molar-refractivity contribution in [1.29, 1.82) is 0 Å². The number of carbonyl (C=O) groups excluding carboxylic acids is 1. The van der Waals surface area contributed by atoms with Crippen molar-refractivity contribution in [3.63, 3.8) is 0 Å². The van der Waals surface area contributed by atoms with Gasteiger partial charge < -0.3 is 15.2 Å². The van der Waals surface area contributed by atoms with Crippen LogP contribution < -0.4 is 5.32 Å². The van der Waals surface area contributed by atoms with E-state index in [1.165, 1.54) is 18.7 Å². The van der Waals surface area contributed by atoms with Crippen molar-refractivity contribution < 1.29 is 19.0 Å². The summed E-state index contributed by atoms with van der Waals surface area (Å²) in [5.74, 6) is -1.03. The zero-order chi connectivity index (χ0) is 17.2. The molecule has 0 saturated carbocycles. The lowest BCUT2D eigenvalue weighted by Crippen LogP contribution is -2.43. The molecule has 0 heterocycles. The summed E-state index contributed by atoms with van der Waals surface area (Å²) in [6.45, 7) is 0.216. The average molecular weight is 329 g/mol. The van der Waals surface area contributed by atoms with Crippen LogP contribution in [0.5, 0.6) is 0 Å². The van der Waals surface area contributed by atoms with Crippen molar-refractivity contribution in [1.82, 2.24) is 5.32 Å². The molecule has 24 heavy (non-hydrogen) atoms. The Kier molecular flexibility index (Phi) is 4.64. The van der Waals surface area contributed by atoms with Crippen LogP contribution in [0.1, 0.15) is 33.5 Å². The minimum absolute atomic E-state index is 0.0497. The summed E-state index contributed by atoms with van der Waals surface area (Å²) in [5, 5.41) is 13.3. The molecule has 0 aromatic heterocycles. The van der Waals surface area contributed by atoms with Crippen LogP contribution in [0.25, 0.3) is 0 Å². The quantitative estimate of drug-likeness (QED) is 0.828. The Morgan fingerprint density at radius 1 is 1.33 bits per heavy atom. The van der Waals surface area contributed by atoms with Gasteiger partial charge in [0.15, 0.2) is 0 Å². The third kappa shape index (κ3) is 2.92. The maximum absolute atomic E-state index is 14.2. The van der Waals surface area contributed by atoms with Crippen molar-refractivity contribution in [2.24, 2.45) is 0 Å². The molecule has 1 aliphatic carbocycles. The predicted molar refractivity (Wildman–Crippen MR) is 88.1 cm³/mol. The first kappa shape index (κ1) is 16.6. The number of methoxy groups -OCH3 is 1. The number of fused-ring (bicyclic) bond motifs is 1. The second-order valence-corrected chi connectivity index (χ2v) is 6.05. The van der Waals surface area contributed by atoms with E-state index in [4.69, 9.17) is 0 Å². The number of ether oxygens (including phenoxy) is 1. The van der Waals surface area contributed by atoms with Gasteiger partial charge in [-0.05, 0) is 36.1 Å². The van der Waals surface area contributed by atoms with Gasteiger partial charge in [-0.2, -0.15) is 0 Å². The van der Waals surface area contributed by atoms with Gasteiger partial charge in [-0.1, -0.05) is 30.3 Å². The van der Waals surface area contributed by atoms with Crippen molar-refractivity contribution in [3.8, 4) is 0 Å². The topological polar surface area (TPSA) is 58.6 Å². The first-order valence-electron chi connectivity index (χ1n) is 7.90. The molecule has 5 heteroatoms. The second kappa shape index (κ2) is 6.71. The number of carbonyl (C=O) groups is 1. The fourth-order valence-electron chi connectivity index (χ4n) is 3.29. The van der Waals surface area contributed by atoms with Gasteiger partial charge >= 0.3 is 5.97 Å². The highest BCUT2D eigenvalue weighted by Crippen LogP contribution is 2.36. The molecular formula is C19H20FNO3. The molecule has 0 bridgehead atoms. The molecular weight excluding hydrogens is 309 g/mol. The molecule has 126 valence electrons. The highest BCUT2D eigenvalue weighted by Gasteiger charge is 2.37. The highest BCUT2D eigenvalue weighted by molar-refractivity contribution is 5.89. The summed E-state index contributed by atoms with van der Waals surface area (Å²) < 4.78 is 18.8. The highest BCUT2D eigenvalue weighted by atomic mass is 19.1. The Labute approximate surface area is 140 Å². The van der Waals surface area contributed by atoms with E-state index >= 15 is 0 Å². The number of nitrogens with one attached hydrogen (secondary N) is 1. The number of rotatable bonds is 5. The first-order chi connectivity index (χ1) is 11.6. The Hall–Kier alpha value is -2.24. The Balaban J connectivity index is 1.79. The van der Waals surface area contributed by atoms with E-state index in [1.807, 2.05) is 18.2 Å². The van der Waals surface area contributed by atoms with Gasteiger partial charge in [0, 0.05) is 12.1 Å². The molecule has 0 fully saturated rings. The number of aryl methyl sites for hydroxylation is 1. The van der Waals surface area contributed by atoms with E-state index < -0.39 is 17.3 Å². The number of esters is 1. The van der Waals surface area contributed by atoms with Gasteiger partial charge in [-0.15, -0.1) is 0 Å². The zero-order valence-electron chi connectivity index (χ0n) is 13.5. The molecule has 0 radical (unpaired) electrons. The van der Waals surface area contributed by atoms with E-state index in [1.54, 1.807) is 12.1 Å². The number of aliphatic hydroxyl groups is 1. The molecule has 2 N–H and O–H groups in total. The number of hydrogen-bond donors (Lipinski definition) is 2. The van der Waals surface area contributed by atoms with Crippen LogP contribution in [-0.2, 0) is 23.2 Å². The summed E-state index contributed by atoms with van der Waals surface area (Å²) in [4.78, 5) is 11.4. The van der Waals surface area contributed by atoms with E-state index in [9.17, 15) is 14.3 Å². The average Bonchev–Trinajstić information content (AvgIpc) is 2.99. The van der Waals surface area contributed by atoms with Crippen molar-refractivity contribution in [2.45, 2.75) is 24.9 Å². The van der Waals surface area contributed by atoms with Crippen LogP contribution in [0.4, 0.5) is 4.39 Å². The SMILES string of the molecule is COC(=O)c1ccc(CNC2(CO)CCc3ccccc32)c(F)c1. The minimum Gasteiger partial charge on any atom is -0.465 e. The molecule has 1 unspecified atom stereocenters. The van der Waals surface area contributed by atoms with E-state index in [0.717, 1.165) is 18.4 Å². The first-order valence-corrected chi connectivity index (χ1v) is 7.90. The van der Waals surface area contributed by atoms with Crippen LogP contribution in [0.15, 0.2) is 42.5 Å². The van der Waals surface area contributed by atoms with Gasteiger partial charge in [-0.25, -0.2) is 9.18 Å². The third-order valence-corrected chi connectivity index (χ3v) is 4.72. The lowest BCUT2D eigenvalue weighted by atomic mass is 9.92. The van der Waals surface area contributed by atoms with Gasteiger partial charge in [0.05, 0.1) is 24.8 Å². The van der Waals surface area contributed by atoms with Crippen LogP contribution in [0.3, 0.4) is 0 Å². The van der Waals surface area contributed by atoms with Crippen LogP contribution in [0, 0.1) is 5.82 Å². The van der Waals surface area contributed by atoms with E-state index in [0.29, 0.717) is 5.56 Å². The fourth-order valence-corrected chi connectivity index (χ4v) is 3.29.